The number of benzene rings is 2. The molecule has 0 aliphatic heterocycles. The van der Waals surface area contributed by atoms with Crippen LogP contribution in [0.2, 0.25) is 5.02 Å². The van der Waals surface area contributed by atoms with Crippen LogP contribution in [0.3, 0.4) is 0 Å². The lowest BCUT2D eigenvalue weighted by Gasteiger charge is -2.30. The summed E-state index contributed by atoms with van der Waals surface area (Å²) >= 11 is 6.28. The minimum absolute atomic E-state index is 0.0645. The summed E-state index contributed by atoms with van der Waals surface area (Å²) in [5.41, 5.74) is 2.36. The van der Waals surface area contributed by atoms with Crippen LogP contribution in [0, 0.1) is 0 Å². The van der Waals surface area contributed by atoms with Crippen LogP contribution in [0.25, 0.3) is 27.8 Å². The Morgan fingerprint density at radius 2 is 1.94 bits per heavy atom. The van der Waals surface area contributed by atoms with Crippen molar-refractivity contribution >= 4 is 33.7 Å². The fourth-order valence-corrected chi connectivity index (χ4v) is 4.69. The van der Waals surface area contributed by atoms with E-state index in [4.69, 9.17) is 16.6 Å². The highest BCUT2D eigenvalue weighted by Crippen LogP contribution is 2.40. The fraction of sp³-hybridized carbons (Fsp3) is 0.115. The van der Waals surface area contributed by atoms with Crippen molar-refractivity contribution in [3.63, 3.8) is 0 Å². The monoisotopic (exact) mass is 455 g/mol. The van der Waals surface area contributed by atoms with Crippen molar-refractivity contribution in [2.75, 3.05) is 0 Å². The third kappa shape index (κ3) is 3.43. The molecule has 5 aromatic rings. The molecule has 0 saturated carbocycles. The first-order valence-electron chi connectivity index (χ1n) is 10.7. The molecule has 0 bridgehead atoms. The largest absolute Gasteiger partial charge is 0.340 e. The van der Waals surface area contributed by atoms with Crippen LogP contribution in [0.15, 0.2) is 91.3 Å². The van der Waals surface area contributed by atoms with Crippen LogP contribution in [-0.2, 0) is 6.42 Å². The molecule has 3 aromatic heterocycles. The highest BCUT2D eigenvalue weighted by molar-refractivity contribution is 6.30. The minimum atomic E-state index is -1.73. The van der Waals surface area contributed by atoms with E-state index in [1.165, 1.54) is 0 Å². The highest BCUT2D eigenvalue weighted by Gasteiger charge is 2.41. The molecule has 7 heteroatoms. The highest BCUT2D eigenvalue weighted by atomic mass is 35.5. The maximum absolute atomic E-state index is 16.7. The van der Waals surface area contributed by atoms with Gasteiger partial charge in [0.15, 0.2) is 0 Å². The molecule has 6 rings (SSSR count). The van der Waals surface area contributed by atoms with Crippen LogP contribution in [-0.4, -0.2) is 30.2 Å². The van der Waals surface area contributed by atoms with E-state index in [9.17, 15) is 0 Å². The molecule has 5 nitrogen and oxygen atoms in total. The minimum Gasteiger partial charge on any atom is -0.340 e. The molecule has 2 aromatic carbocycles. The Kier molecular flexibility index (Phi) is 4.62. The van der Waals surface area contributed by atoms with Gasteiger partial charge in [-0.1, -0.05) is 48.0 Å². The molecule has 2 atom stereocenters. The number of hydrogen-bond donors (Lipinski definition) is 1. The summed E-state index contributed by atoms with van der Waals surface area (Å²) in [5, 5.41) is 0.612. The Hall–Kier alpha value is -3.77. The van der Waals surface area contributed by atoms with Gasteiger partial charge in [-0.2, -0.15) is 0 Å². The zero-order valence-corrected chi connectivity index (χ0v) is 18.2. The first kappa shape index (κ1) is 19.9. The molecule has 3 heterocycles. The number of alkyl halides is 1. The van der Waals surface area contributed by atoms with E-state index in [1.54, 1.807) is 24.5 Å². The number of fused-ring (bicyclic) bond motifs is 2. The van der Waals surface area contributed by atoms with E-state index in [2.05, 4.69) is 15.0 Å². The summed E-state index contributed by atoms with van der Waals surface area (Å²) in [6.45, 7) is 0. The summed E-state index contributed by atoms with van der Waals surface area (Å²) in [7, 11) is 0. The van der Waals surface area contributed by atoms with E-state index in [0.29, 0.717) is 16.7 Å². The van der Waals surface area contributed by atoms with Crippen molar-refractivity contribution in [3.8, 4) is 5.69 Å². The molecule has 1 N–H and O–H groups in total. The normalized spacial score (nSPS) is 20.1. The first-order chi connectivity index (χ1) is 16.1. The topological polar surface area (TPSA) is 59.4 Å². The van der Waals surface area contributed by atoms with Crippen LogP contribution in [0.5, 0.6) is 0 Å². The molecule has 0 fully saturated rings. The van der Waals surface area contributed by atoms with Gasteiger partial charge >= 0.3 is 0 Å². The third-order valence-electron chi connectivity index (χ3n) is 6.03. The lowest BCUT2D eigenvalue weighted by molar-refractivity contribution is 0.195. The summed E-state index contributed by atoms with van der Waals surface area (Å²) in [6.07, 6.45) is 10.5. The molecule has 2 unspecified atom stereocenters. The molecule has 0 spiro atoms. The van der Waals surface area contributed by atoms with Crippen LogP contribution in [0.4, 0.5) is 4.39 Å². The number of rotatable bonds is 4. The molecule has 162 valence electrons. The Labute approximate surface area is 194 Å². The smallest absolute Gasteiger partial charge is 0.149 e. The Morgan fingerprint density at radius 3 is 2.82 bits per heavy atom. The number of hydrogen-bond acceptors (Lipinski definition) is 3. The molecular weight excluding hydrogens is 437 g/mol. The molecule has 0 amide bonds. The van der Waals surface area contributed by atoms with Crippen molar-refractivity contribution in [3.05, 3.63) is 108 Å². The SMILES string of the molecule is FC1(Cc2nc3ccccc3n2-c2cccc(Cl)c2)C=CC=CC1c1nc2ccncc2[nH]1. The van der Waals surface area contributed by atoms with Crippen molar-refractivity contribution in [2.24, 2.45) is 0 Å². The number of aromatic amines is 1. The van der Waals surface area contributed by atoms with Gasteiger partial charge in [0.1, 0.15) is 17.3 Å². The van der Waals surface area contributed by atoms with E-state index in [0.717, 1.165) is 27.8 Å². The van der Waals surface area contributed by atoms with Crippen molar-refractivity contribution < 1.29 is 4.39 Å². The van der Waals surface area contributed by atoms with E-state index < -0.39 is 11.6 Å². The number of aromatic nitrogens is 5. The predicted octanol–water partition coefficient (Wildman–Crippen LogP) is 6.11. The van der Waals surface area contributed by atoms with Crippen LogP contribution >= 0.6 is 11.6 Å². The molecular formula is C26H19ClFN5. The number of nitrogens with one attached hydrogen (secondary N) is 1. The van der Waals surface area contributed by atoms with E-state index in [1.807, 2.05) is 71.3 Å². The second-order valence-corrected chi connectivity index (χ2v) is 8.61. The van der Waals surface area contributed by atoms with Gasteiger partial charge in [-0.3, -0.25) is 9.55 Å². The number of pyridine rings is 1. The second-order valence-electron chi connectivity index (χ2n) is 8.17. The van der Waals surface area contributed by atoms with E-state index in [-0.39, 0.29) is 6.42 Å². The number of H-pyrrole nitrogens is 1. The van der Waals surface area contributed by atoms with Crippen LogP contribution < -0.4 is 0 Å². The lowest BCUT2D eigenvalue weighted by Crippen LogP contribution is -2.34. The number of nitrogens with zero attached hydrogens (tertiary/aromatic N) is 4. The lowest BCUT2D eigenvalue weighted by atomic mass is 9.82. The molecule has 33 heavy (non-hydrogen) atoms. The summed E-state index contributed by atoms with van der Waals surface area (Å²) in [5.74, 6) is 0.581. The molecule has 1 aliphatic carbocycles. The quantitative estimate of drug-likeness (QED) is 0.355. The van der Waals surface area contributed by atoms with Gasteiger partial charge in [0.2, 0.25) is 0 Å². The number of allylic oxidation sites excluding steroid dienone is 4. The van der Waals surface area contributed by atoms with Crippen LogP contribution in [0.1, 0.15) is 17.6 Å². The standard InChI is InChI=1S/C26H19ClFN5/c27-17-6-5-7-18(14-17)33-23-10-2-1-9-21(23)30-24(33)15-26(28)12-4-3-8-19(26)25-31-20-11-13-29-16-22(20)32-25/h1-14,16,19H,15H2,(H,31,32). The number of para-hydroxylation sites is 2. The zero-order chi connectivity index (χ0) is 22.4. The van der Waals surface area contributed by atoms with Gasteiger partial charge in [0.25, 0.3) is 0 Å². The van der Waals surface area contributed by atoms with Crippen molar-refractivity contribution in [1.82, 2.24) is 24.5 Å². The third-order valence-corrected chi connectivity index (χ3v) is 6.26. The zero-order valence-electron chi connectivity index (χ0n) is 17.5. The number of imidazole rings is 2. The summed E-state index contributed by atoms with van der Waals surface area (Å²) in [4.78, 5) is 16.8. The predicted molar refractivity (Wildman–Crippen MR) is 129 cm³/mol. The average Bonchev–Trinajstić information content (AvgIpc) is 3.40. The second kappa shape index (κ2) is 7.67. The molecule has 1 aliphatic rings. The Balaban J connectivity index is 1.47. The van der Waals surface area contributed by atoms with Gasteiger partial charge in [0.05, 0.1) is 34.2 Å². The molecule has 0 saturated heterocycles. The Morgan fingerprint density at radius 1 is 1.03 bits per heavy atom. The van der Waals surface area contributed by atoms with Gasteiger partial charge in [-0.25, -0.2) is 14.4 Å². The van der Waals surface area contributed by atoms with Gasteiger partial charge < -0.3 is 4.98 Å². The molecule has 0 radical (unpaired) electrons. The van der Waals surface area contributed by atoms with E-state index >= 15 is 4.39 Å². The maximum atomic E-state index is 16.7. The fourth-order valence-electron chi connectivity index (χ4n) is 4.51. The summed E-state index contributed by atoms with van der Waals surface area (Å²) < 4.78 is 18.7. The van der Waals surface area contributed by atoms with Crippen molar-refractivity contribution in [2.45, 2.75) is 18.0 Å². The average molecular weight is 456 g/mol. The first-order valence-corrected chi connectivity index (χ1v) is 11.1. The summed E-state index contributed by atoms with van der Waals surface area (Å²) in [6, 6.07) is 17.1. The van der Waals surface area contributed by atoms with Crippen molar-refractivity contribution in [1.29, 1.82) is 0 Å². The maximum Gasteiger partial charge on any atom is 0.149 e. The van der Waals surface area contributed by atoms with Gasteiger partial charge in [-0.05, 0) is 42.5 Å². The van der Waals surface area contributed by atoms with Gasteiger partial charge in [0, 0.05) is 23.3 Å². The van der Waals surface area contributed by atoms with Gasteiger partial charge in [-0.15, -0.1) is 0 Å². The Bertz CT molecular complexity index is 1520. The number of halogens is 2.